The lowest BCUT2D eigenvalue weighted by atomic mass is 10.1. The molecular weight excluding hydrogens is 280 g/mol. The summed E-state index contributed by atoms with van der Waals surface area (Å²) in [5.41, 5.74) is 1.28. The van der Waals surface area contributed by atoms with Crippen LogP contribution in [-0.2, 0) is 13.0 Å². The Bertz CT molecular complexity index is 432. The van der Waals surface area contributed by atoms with Gasteiger partial charge in [-0.15, -0.1) is 11.3 Å². The van der Waals surface area contributed by atoms with Gasteiger partial charge in [0.15, 0.2) is 5.13 Å². The van der Waals surface area contributed by atoms with Crippen molar-refractivity contribution in [1.29, 1.82) is 0 Å². The van der Waals surface area contributed by atoms with E-state index in [9.17, 15) is 0 Å². The summed E-state index contributed by atoms with van der Waals surface area (Å²) in [5.74, 6) is 0. The van der Waals surface area contributed by atoms with Crippen LogP contribution in [0.3, 0.4) is 0 Å². The molecule has 0 aromatic carbocycles. The van der Waals surface area contributed by atoms with Crippen molar-refractivity contribution in [2.24, 2.45) is 0 Å². The van der Waals surface area contributed by atoms with Crippen molar-refractivity contribution in [1.82, 2.24) is 15.2 Å². The number of rotatable bonds is 7. The molecule has 2 rings (SSSR count). The first-order valence-corrected chi connectivity index (χ1v) is 9.15. The fraction of sp³-hybridized carbons (Fsp3) is 0.812. The van der Waals surface area contributed by atoms with E-state index < -0.39 is 0 Å². The lowest BCUT2D eigenvalue weighted by Gasteiger charge is -2.39. The smallest absolute Gasteiger partial charge is 0.185 e. The van der Waals surface area contributed by atoms with Crippen LogP contribution in [-0.4, -0.2) is 49.2 Å². The van der Waals surface area contributed by atoms with E-state index in [1.807, 2.05) is 11.3 Å². The van der Waals surface area contributed by atoms with Crippen LogP contribution < -0.4 is 10.2 Å². The molecule has 0 radical (unpaired) electrons. The normalized spacial score (nSPS) is 20.2. The highest BCUT2D eigenvalue weighted by atomic mass is 32.1. The van der Waals surface area contributed by atoms with Crippen LogP contribution in [0.1, 0.15) is 44.2 Å². The topological polar surface area (TPSA) is 31.4 Å². The summed E-state index contributed by atoms with van der Waals surface area (Å²) in [6, 6.07) is 0.661. The summed E-state index contributed by atoms with van der Waals surface area (Å²) in [6.07, 6.45) is 3.43. The Labute approximate surface area is 133 Å². The molecular formula is C16H30N4S. The molecule has 1 aromatic rings. The zero-order chi connectivity index (χ0) is 15.2. The summed E-state index contributed by atoms with van der Waals surface area (Å²) in [5, 5.41) is 4.74. The number of anilines is 1. The number of aryl methyl sites for hydroxylation is 1. The molecule has 1 N–H and O–H groups in total. The third-order valence-electron chi connectivity index (χ3n) is 4.33. The SMILES string of the molecule is CCCNCc1sc(N2CCN(C)C(CC)C2)nc1CC. The number of piperazine rings is 1. The van der Waals surface area contributed by atoms with E-state index in [4.69, 9.17) is 4.98 Å². The highest BCUT2D eigenvalue weighted by molar-refractivity contribution is 7.15. The van der Waals surface area contributed by atoms with Crippen molar-refractivity contribution >= 4 is 16.5 Å². The molecule has 1 fully saturated rings. The zero-order valence-corrected chi connectivity index (χ0v) is 14.8. The van der Waals surface area contributed by atoms with Gasteiger partial charge in [0.25, 0.3) is 0 Å². The van der Waals surface area contributed by atoms with Gasteiger partial charge < -0.3 is 10.2 Å². The number of nitrogens with zero attached hydrogens (tertiary/aromatic N) is 3. The quantitative estimate of drug-likeness (QED) is 0.785. The van der Waals surface area contributed by atoms with Gasteiger partial charge in [0.05, 0.1) is 5.69 Å². The third kappa shape index (κ3) is 4.18. The minimum absolute atomic E-state index is 0.661. The van der Waals surface area contributed by atoms with Gasteiger partial charge in [-0.2, -0.15) is 0 Å². The van der Waals surface area contributed by atoms with Crippen LogP contribution in [0.2, 0.25) is 0 Å². The second kappa shape index (κ2) is 8.11. The van der Waals surface area contributed by atoms with Crippen molar-refractivity contribution in [3.8, 4) is 0 Å². The number of thiazole rings is 1. The first-order valence-electron chi connectivity index (χ1n) is 8.34. The van der Waals surface area contributed by atoms with Gasteiger partial charge >= 0.3 is 0 Å². The van der Waals surface area contributed by atoms with E-state index in [2.05, 4.69) is 42.9 Å². The Balaban J connectivity index is 2.05. The standard InChI is InChI=1S/C16H30N4S/c1-5-8-17-11-15-14(7-3)18-16(21-15)20-10-9-19(4)13(6-2)12-20/h13,17H,5-12H2,1-4H3. The number of nitrogens with one attached hydrogen (secondary N) is 1. The fourth-order valence-electron chi connectivity index (χ4n) is 2.86. The number of hydrogen-bond donors (Lipinski definition) is 1. The molecule has 1 aliphatic rings. The monoisotopic (exact) mass is 310 g/mol. The molecule has 21 heavy (non-hydrogen) atoms. The lowest BCUT2D eigenvalue weighted by Crippen LogP contribution is -2.51. The highest BCUT2D eigenvalue weighted by Gasteiger charge is 2.25. The first kappa shape index (κ1) is 16.7. The van der Waals surface area contributed by atoms with Crippen molar-refractivity contribution in [3.63, 3.8) is 0 Å². The molecule has 0 bridgehead atoms. The Morgan fingerprint density at radius 3 is 2.76 bits per heavy atom. The molecule has 5 heteroatoms. The number of aromatic nitrogens is 1. The minimum Gasteiger partial charge on any atom is -0.345 e. The van der Waals surface area contributed by atoms with Crippen LogP contribution in [0.5, 0.6) is 0 Å². The van der Waals surface area contributed by atoms with Crippen molar-refractivity contribution < 1.29 is 0 Å². The van der Waals surface area contributed by atoms with Crippen molar-refractivity contribution in [2.45, 2.75) is 52.6 Å². The Hall–Kier alpha value is -0.650. The second-order valence-corrected chi connectivity index (χ2v) is 6.95. The van der Waals surface area contributed by atoms with Crippen molar-refractivity contribution in [3.05, 3.63) is 10.6 Å². The van der Waals surface area contributed by atoms with Gasteiger partial charge in [-0.05, 0) is 32.9 Å². The van der Waals surface area contributed by atoms with E-state index in [1.165, 1.54) is 28.5 Å². The zero-order valence-electron chi connectivity index (χ0n) is 14.0. The molecule has 1 aromatic heterocycles. The van der Waals surface area contributed by atoms with Gasteiger partial charge in [-0.3, -0.25) is 4.90 Å². The Morgan fingerprint density at radius 2 is 2.10 bits per heavy atom. The minimum atomic E-state index is 0.661. The summed E-state index contributed by atoms with van der Waals surface area (Å²) in [6.45, 7) is 12.1. The maximum atomic E-state index is 4.91. The maximum Gasteiger partial charge on any atom is 0.185 e. The van der Waals surface area contributed by atoms with Crippen LogP contribution >= 0.6 is 11.3 Å². The third-order valence-corrected chi connectivity index (χ3v) is 5.49. The summed E-state index contributed by atoms with van der Waals surface area (Å²) in [7, 11) is 2.24. The predicted octanol–water partition coefficient (Wildman–Crippen LogP) is 2.74. The molecule has 120 valence electrons. The second-order valence-electron chi connectivity index (χ2n) is 5.89. The summed E-state index contributed by atoms with van der Waals surface area (Å²) >= 11 is 1.89. The van der Waals surface area contributed by atoms with Crippen LogP contribution in [0.4, 0.5) is 5.13 Å². The lowest BCUT2D eigenvalue weighted by molar-refractivity contribution is 0.213. The maximum absolute atomic E-state index is 4.91. The van der Waals surface area contributed by atoms with Crippen LogP contribution in [0, 0.1) is 0 Å². The van der Waals surface area contributed by atoms with E-state index in [0.717, 1.165) is 39.1 Å². The van der Waals surface area contributed by atoms with Crippen LogP contribution in [0.25, 0.3) is 0 Å². The molecule has 1 unspecified atom stereocenters. The molecule has 1 saturated heterocycles. The van der Waals surface area contributed by atoms with Gasteiger partial charge in [0.2, 0.25) is 0 Å². The Kier molecular flexibility index (Phi) is 6.45. The van der Waals surface area contributed by atoms with Gasteiger partial charge in [0.1, 0.15) is 0 Å². The first-order chi connectivity index (χ1) is 10.2. The molecule has 1 aliphatic heterocycles. The van der Waals surface area contributed by atoms with E-state index in [0.29, 0.717) is 6.04 Å². The van der Waals surface area contributed by atoms with Crippen LogP contribution in [0.15, 0.2) is 0 Å². The average molecular weight is 311 g/mol. The van der Waals surface area contributed by atoms with E-state index >= 15 is 0 Å². The molecule has 0 saturated carbocycles. The summed E-state index contributed by atoms with van der Waals surface area (Å²) < 4.78 is 0. The predicted molar refractivity (Wildman–Crippen MR) is 92.4 cm³/mol. The fourth-order valence-corrected chi connectivity index (χ4v) is 4.01. The van der Waals surface area contributed by atoms with Gasteiger partial charge in [-0.25, -0.2) is 4.98 Å². The molecule has 0 amide bonds. The van der Waals surface area contributed by atoms with Gasteiger partial charge in [-0.1, -0.05) is 20.8 Å². The Morgan fingerprint density at radius 1 is 1.29 bits per heavy atom. The van der Waals surface area contributed by atoms with Gasteiger partial charge in [0, 0.05) is 37.1 Å². The van der Waals surface area contributed by atoms with E-state index in [-0.39, 0.29) is 0 Å². The number of hydrogen-bond acceptors (Lipinski definition) is 5. The molecule has 0 spiro atoms. The van der Waals surface area contributed by atoms with Crippen molar-refractivity contribution in [2.75, 3.05) is 38.1 Å². The summed E-state index contributed by atoms with van der Waals surface area (Å²) in [4.78, 5) is 11.3. The molecule has 2 heterocycles. The average Bonchev–Trinajstić information content (AvgIpc) is 2.91. The number of likely N-dealkylation sites (N-methyl/N-ethyl adjacent to an activating group) is 1. The van der Waals surface area contributed by atoms with E-state index in [1.54, 1.807) is 0 Å². The molecule has 1 atom stereocenters. The molecule has 4 nitrogen and oxygen atoms in total. The largest absolute Gasteiger partial charge is 0.345 e. The molecule has 0 aliphatic carbocycles. The highest BCUT2D eigenvalue weighted by Crippen LogP contribution is 2.28.